The van der Waals surface area contributed by atoms with Gasteiger partial charge >= 0.3 is 0 Å². The molecular weight excluding hydrogens is 362 g/mol. The molecule has 1 aromatic rings. The second-order valence-corrected chi connectivity index (χ2v) is 6.58. The van der Waals surface area contributed by atoms with E-state index in [1.807, 2.05) is 24.3 Å². The monoisotopic (exact) mass is 383 g/mol. The van der Waals surface area contributed by atoms with Gasteiger partial charge in [0.05, 0.1) is 6.61 Å². The molecule has 2 amide bonds. The summed E-state index contributed by atoms with van der Waals surface area (Å²) in [5.74, 6) is -0.203. The number of nitrogens with zero attached hydrogens (tertiary/aromatic N) is 1. The zero-order chi connectivity index (χ0) is 16.8. The van der Waals surface area contributed by atoms with Crippen molar-refractivity contribution in [2.75, 3.05) is 32.1 Å². The highest BCUT2D eigenvalue weighted by Crippen LogP contribution is 2.21. The van der Waals surface area contributed by atoms with E-state index in [1.165, 1.54) is 7.11 Å². The van der Waals surface area contributed by atoms with Gasteiger partial charge in [0.15, 0.2) is 0 Å². The standard InChI is InChI=1S/C16H22BrN3O3/c1-23-10-14(18)16(22)20-7-5-11(6-8-20)15(21)19-13-4-2-3-12(17)9-13/h2-4,9,11,14H,5-8,10,18H2,1H3,(H,19,21). The van der Waals surface area contributed by atoms with E-state index in [9.17, 15) is 9.59 Å². The maximum absolute atomic E-state index is 12.3. The van der Waals surface area contributed by atoms with Crippen molar-refractivity contribution in [3.63, 3.8) is 0 Å². The van der Waals surface area contributed by atoms with Gasteiger partial charge in [-0.3, -0.25) is 9.59 Å². The van der Waals surface area contributed by atoms with Crippen molar-refractivity contribution in [2.24, 2.45) is 11.7 Å². The van der Waals surface area contributed by atoms with Crippen LogP contribution >= 0.6 is 15.9 Å². The average molecular weight is 384 g/mol. The Morgan fingerprint density at radius 2 is 2.13 bits per heavy atom. The molecule has 0 aromatic heterocycles. The Morgan fingerprint density at radius 1 is 1.43 bits per heavy atom. The van der Waals surface area contributed by atoms with Crippen LogP contribution < -0.4 is 11.1 Å². The van der Waals surface area contributed by atoms with Gasteiger partial charge in [0.2, 0.25) is 11.8 Å². The number of anilines is 1. The number of ether oxygens (including phenoxy) is 1. The molecule has 0 bridgehead atoms. The number of carbonyl (C=O) groups excluding carboxylic acids is 2. The summed E-state index contributed by atoms with van der Waals surface area (Å²) in [6.07, 6.45) is 1.29. The third-order valence-electron chi connectivity index (χ3n) is 3.93. The van der Waals surface area contributed by atoms with E-state index < -0.39 is 6.04 Å². The van der Waals surface area contributed by atoms with Gasteiger partial charge in [-0.05, 0) is 31.0 Å². The summed E-state index contributed by atoms with van der Waals surface area (Å²) in [4.78, 5) is 26.1. The molecular formula is C16H22BrN3O3. The number of likely N-dealkylation sites (tertiary alicyclic amines) is 1. The second-order valence-electron chi connectivity index (χ2n) is 5.66. The number of carbonyl (C=O) groups is 2. The second kappa shape index (κ2) is 8.42. The van der Waals surface area contributed by atoms with E-state index in [1.54, 1.807) is 4.90 Å². The molecule has 1 saturated heterocycles. The van der Waals surface area contributed by atoms with Crippen LogP contribution in [0.3, 0.4) is 0 Å². The fourth-order valence-corrected chi connectivity index (χ4v) is 3.06. The molecule has 1 heterocycles. The van der Waals surface area contributed by atoms with Crippen molar-refractivity contribution in [2.45, 2.75) is 18.9 Å². The quantitative estimate of drug-likeness (QED) is 0.808. The topological polar surface area (TPSA) is 84.7 Å². The van der Waals surface area contributed by atoms with Gasteiger partial charge in [-0.15, -0.1) is 0 Å². The van der Waals surface area contributed by atoms with Crippen LogP contribution in [0.2, 0.25) is 0 Å². The van der Waals surface area contributed by atoms with E-state index >= 15 is 0 Å². The summed E-state index contributed by atoms with van der Waals surface area (Å²) in [5, 5.41) is 2.92. The molecule has 1 aromatic carbocycles. The highest BCUT2D eigenvalue weighted by molar-refractivity contribution is 9.10. The van der Waals surface area contributed by atoms with Crippen molar-refractivity contribution in [3.8, 4) is 0 Å². The van der Waals surface area contributed by atoms with Crippen LogP contribution in [0.1, 0.15) is 12.8 Å². The number of benzene rings is 1. The number of amides is 2. The number of piperidine rings is 1. The van der Waals surface area contributed by atoms with Gasteiger partial charge in [0.25, 0.3) is 0 Å². The molecule has 23 heavy (non-hydrogen) atoms. The molecule has 1 unspecified atom stereocenters. The highest BCUT2D eigenvalue weighted by atomic mass is 79.9. The number of methoxy groups -OCH3 is 1. The Balaban J connectivity index is 1.84. The van der Waals surface area contributed by atoms with Gasteiger partial charge in [0.1, 0.15) is 6.04 Å². The summed E-state index contributed by atoms with van der Waals surface area (Å²) in [7, 11) is 1.52. The van der Waals surface area contributed by atoms with Gasteiger partial charge in [0, 0.05) is 36.3 Å². The van der Waals surface area contributed by atoms with E-state index in [4.69, 9.17) is 10.5 Å². The summed E-state index contributed by atoms with van der Waals surface area (Å²) < 4.78 is 5.83. The lowest BCUT2D eigenvalue weighted by Gasteiger charge is -2.32. The zero-order valence-corrected chi connectivity index (χ0v) is 14.7. The molecule has 1 atom stereocenters. The largest absolute Gasteiger partial charge is 0.383 e. The van der Waals surface area contributed by atoms with Crippen molar-refractivity contribution < 1.29 is 14.3 Å². The smallest absolute Gasteiger partial charge is 0.241 e. The molecule has 0 aliphatic carbocycles. The summed E-state index contributed by atoms with van der Waals surface area (Å²) in [6, 6.07) is 6.86. The maximum Gasteiger partial charge on any atom is 0.241 e. The first-order valence-corrected chi connectivity index (χ1v) is 8.40. The molecule has 1 fully saturated rings. The summed E-state index contributed by atoms with van der Waals surface area (Å²) >= 11 is 3.38. The first-order valence-electron chi connectivity index (χ1n) is 7.61. The van der Waals surface area contributed by atoms with Crippen molar-refractivity contribution in [1.29, 1.82) is 0 Å². The van der Waals surface area contributed by atoms with Crippen LogP contribution in [0.25, 0.3) is 0 Å². The van der Waals surface area contributed by atoms with Crippen LogP contribution in [-0.4, -0.2) is 49.6 Å². The van der Waals surface area contributed by atoms with Crippen LogP contribution in [0.4, 0.5) is 5.69 Å². The zero-order valence-electron chi connectivity index (χ0n) is 13.1. The minimum atomic E-state index is -0.632. The molecule has 7 heteroatoms. The molecule has 0 radical (unpaired) electrons. The molecule has 1 aliphatic rings. The number of hydrogen-bond donors (Lipinski definition) is 2. The molecule has 0 spiro atoms. The first-order chi connectivity index (χ1) is 11.0. The predicted octanol–water partition coefficient (Wildman–Crippen LogP) is 1.60. The Kier molecular flexibility index (Phi) is 6.56. The van der Waals surface area contributed by atoms with Crippen LogP contribution in [0.15, 0.2) is 28.7 Å². The molecule has 3 N–H and O–H groups in total. The average Bonchev–Trinajstić information content (AvgIpc) is 2.54. The predicted molar refractivity (Wildman–Crippen MR) is 91.9 cm³/mol. The van der Waals surface area contributed by atoms with E-state index in [2.05, 4.69) is 21.2 Å². The number of rotatable bonds is 5. The molecule has 0 saturated carbocycles. The van der Waals surface area contributed by atoms with Gasteiger partial charge in [-0.25, -0.2) is 0 Å². The number of hydrogen-bond acceptors (Lipinski definition) is 4. The van der Waals surface area contributed by atoms with E-state index in [0.29, 0.717) is 25.9 Å². The SMILES string of the molecule is COCC(N)C(=O)N1CCC(C(=O)Nc2cccc(Br)c2)CC1. The van der Waals surface area contributed by atoms with Crippen molar-refractivity contribution >= 4 is 33.4 Å². The van der Waals surface area contributed by atoms with Crippen molar-refractivity contribution in [1.82, 2.24) is 4.90 Å². The maximum atomic E-state index is 12.3. The van der Waals surface area contributed by atoms with Gasteiger partial charge in [-0.1, -0.05) is 22.0 Å². The number of nitrogens with one attached hydrogen (secondary N) is 1. The first kappa shape index (κ1) is 17.9. The third kappa shape index (κ3) is 5.02. The normalized spacial score (nSPS) is 16.9. The Labute approximate surface area is 144 Å². The molecule has 1 aliphatic heterocycles. The Morgan fingerprint density at radius 3 is 2.74 bits per heavy atom. The lowest BCUT2D eigenvalue weighted by atomic mass is 9.95. The third-order valence-corrected chi connectivity index (χ3v) is 4.43. The number of nitrogens with two attached hydrogens (primary N) is 1. The summed E-state index contributed by atoms with van der Waals surface area (Å²) in [5.41, 5.74) is 6.54. The molecule has 2 rings (SSSR count). The lowest BCUT2D eigenvalue weighted by Crippen LogP contribution is -2.49. The van der Waals surface area contributed by atoms with Crippen LogP contribution in [-0.2, 0) is 14.3 Å². The van der Waals surface area contributed by atoms with Crippen molar-refractivity contribution in [3.05, 3.63) is 28.7 Å². The molecule has 6 nitrogen and oxygen atoms in total. The fraction of sp³-hybridized carbons (Fsp3) is 0.500. The Hall–Kier alpha value is -1.44. The van der Waals surface area contributed by atoms with E-state index in [0.717, 1.165) is 10.2 Å². The van der Waals surface area contributed by atoms with Gasteiger partial charge < -0.3 is 20.7 Å². The fourth-order valence-electron chi connectivity index (χ4n) is 2.66. The van der Waals surface area contributed by atoms with E-state index in [-0.39, 0.29) is 24.3 Å². The number of halogens is 1. The van der Waals surface area contributed by atoms with Crippen LogP contribution in [0.5, 0.6) is 0 Å². The molecule has 126 valence electrons. The van der Waals surface area contributed by atoms with Crippen LogP contribution in [0, 0.1) is 5.92 Å². The minimum absolute atomic E-state index is 0.00334. The minimum Gasteiger partial charge on any atom is -0.383 e. The highest BCUT2D eigenvalue weighted by Gasteiger charge is 2.29. The lowest BCUT2D eigenvalue weighted by molar-refractivity contribution is -0.136. The Bertz CT molecular complexity index is 559. The van der Waals surface area contributed by atoms with Gasteiger partial charge in [-0.2, -0.15) is 0 Å². The summed E-state index contributed by atoms with van der Waals surface area (Å²) in [6.45, 7) is 1.31.